The van der Waals surface area contributed by atoms with Crippen LogP contribution >= 0.6 is 34.4 Å². The second-order valence-electron chi connectivity index (χ2n) is 9.77. The summed E-state index contributed by atoms with van der Waals surface area (Å²) in [6.45, 7) is 1.84. The molecule has 1 amide bonds. The molecule has 202 valence electrons. The van der Waals surface area contributed by atoms with E-state index < -0.39 is 6.04 Å². The van der Waals surface area contributed by atoms with Gasteiger partial charge in [0.1, 0.15) is 6.04 Å². The van der Waals surface area contributed by atoms with Gasteiger partial charge in [-0.2, -0.15) is 0 Å². The maximum absolute atomic E-state index is 14.0. The highest BCUT2D eigenvalue weighted by Gasteiger charge is 2.33. The Morgan fingerprint density at radius 3 is 2.54 bits per heavy atom. The Labute approximate surface area is 248 Å². The number of aromatic nitrogens is 1. The van der Waals surface area contributed by atoms with Gasteiger partial charge in [0.25, 0.3) is 11.5 Å². The molecule has 6 nitrogen and oxygen atoms in total. The molecule has 2 aromatic heterocycles. The van der Waals surface area contributed by atoms with Crippen molar-refractivity contribution >= 4 is 63.5 Å². The van der Waals surface area contributed by atoms with E-state index >= 15 is 0 Å². The van der Waals surface area contributed by atoms with Gasteiger partial charge >= 0.3 is 0 Å². The third-order valence-electron chi connectivity index (χ3n) is 7.20. The number of hydrogen-bond donors (Lipinski definition) is 1. The molecule has 0 saturated carbocycles. The van der Waals surface area contributed by atoms with Crippen LogP contribution in [0.15, 0.2) is 121 Å². The molecular formula is C32H24N4O2S3. The van der Waals surface area contributed by atoms with Crippen LogP contribution in [0.1, 0.15) is 23.4 Å². The minimum atomic E-state index is -0.554. The smallest absolute Gasteiger partial charge is 0.271 e. The molecule has 1 N–H and O–H groups in total. The van der Waals surface area contributed by atoms with Gasteiger partial charge in [-0.15, -0.1) is 11.3 Å². The molecule has 4 heterocycles. The molecule has 0 aliphatic carbocycles. The second kappa shape index (κ2) is 10.3. The molecule has 5 aromatic rings. The Morgan fingerprint density at radius 2 is 1.73 bits per heavy atom. The molecule has 3 aromatic carbocycles. The van der Waals surface area contributed by atoms with E-state index in [-0.39, 0.29) is 11.5 Å². The predicted octanol–water partition coefficient (Wildman–Crippen LogP) is 6.17. The van der Waals surface area contributed by atoms with Crippen LogP contribution in [-0.4, -0.2) is 17.5 Å². The molecule has 0 saturated heterocycles. The first-order valence-electron chi connectivity index (χ1n) is 13.0. The third kappa shape index (κ3) is 4.56. The summed E-state index contributed by atoms with van der Waals surface area (Å²) in [4.78, 5) is 38.4. The van der Waals surface area contributed by atoms with E-state index in [0.717, 1.165) is 21.0 Å². The summed E-state index contributed by atoms with van der Waals surface area (Å²) in [6, 6.07) is 27.3. The van der Waals surface area contributed by atoms with Crippen molar-refractivity contribution in [1.82, 2.24) is 4.57 Å². The molecule has 9 heteroatoms. The molecule has 0 bridgehead atoms. The Morgan fingerprint density at radius 1 is 0.951 bits per heavy atom. The van der Waals surface area contributed by atoms with Gasteiger partial charge in [0.05, 0.1) is 27.2 Å². The summed E-state index contributed by atoms with van der Waals surface area (Å²) in [7, 11) is 2.08. The van der Waals surface area contributed by atoms with Crippen LogP contribution < -0.4 is 25.1 Å². The first kappa shape index (κ1) is 25.8. The summed E-state index contributed by atoms with van der Waals surface area (Å²) in [5.74, 6) is -0.263. The third-order valence-corrected chi connectivity index (χ3v) is 10.2. The van der Waals surface area contributed by atoms with Crippen molar-refractivity contribution in [2.45, 2.75) is 22.8 Å². The van der Waals surface area contributed by atoms with E-state index in [4.69, 9.17) is 4.99 Å². The number of nitrogens with one attached hydrogen (secondary N) is 1. The minimum Gasteiger partial charge on any atom is -0.343 e. The Balaban J connectivity index is 1.30. The van der Waals surface area contributed by atoms with Gasteiger partial charge in [-0.1, -0.05) is 65.6 Å². The van der Waals surface area contributed by atoms with Crippen molar-refractivity contribution in [2.75, 3.05) is 17.3 Å². The fourth-order valence-corrected chi connectivity index (χ4v) is 8.32. The summed E-state index contributed by atoms with van der Waals surface area (Å²) < 4.78 is 2.25. The molecule has 2 aliphatic heterocycles. The van der Waals surface area contributed by atoms with Gasteiger partial charge in [-0.25, -0.2) is 4.99 Å². The number of para-hydroxylation sites is 2. The van der Waals surface area contributed by atoms with E-state index in [2.05, 4.69) is 53.7 Å². The van der Waals surface area contributed by atoms with Crippen molar-refractivity contribution in [3.05, 3.63) is 132 Å². The molecule has 41 heavy (non-hydrogen) atoms. The van der Waals surface area contributed by atoms with Gasteiger partial charge in [0.15, 0.2) is 4.80 Å². The topological polar surface area (TPSA) is 66.7 Å². The normalized spacial score (nSPS) is 16.1. The lowest BCUT2D eigenvalue weighted by Gasteiger charge is -2.29. The van der Waals surface area contributed by atoms with Crippen molar-refractivity contribution in [3.63, 3.8) is 0 Å². The summed E-state index contributed by atoms with van der Waals surface area (Å²) >= 11 is 4.62. The zero-order chi connectivity index (χ0) is 28.1. The Bertz CT molecular complexity index is 2030. The first-order chi connectivity index (χ1) is 20.0. The van der Waals surface area contributed by atoms with Crippen LogP contribution in [-0.2, 0) is 4.79 Å². The molecule has 2 aliphatic rings. The number of carbonyl (C=O) groups excluding carboxylic acids is 1. The van der Waals surface area contributed by atoms with E-state index in [1.807, 2.05) is 66.9 Å². The standard InChI is InChI=1S/C32H24N4O2S3/c1-19-28(30(37)34-21-9-4-3-5-10-21)29(25-13-8-16-39-25)36-31(38)27(41-32(36)33-19)18-20-14-15-23-26(17-20)40-24-12-7-6-11-22(24)35(23)2/h3-18,29H,1-2H3,(H,34,37)/b27-18+/t29-/m0/s1. The van der Waals surface area contributed by atoms with Crippen LogP contribution in [0.4, 0.5) is 17.1 Å². The van der Waals surface area contributed by atoms with Crippen LogP contribution in [0.2, 0.25) is 0 Å². The minimum absolute atomic E-state index is 0.155. The van der Waals surface area contributed by atoms with Crippen LogP contribution in [0.25, 0.3) is 6.08 Å². The lowest BCUT2D eigenvalue weighted by Crippen LogP contribution is -2.40. The maximum atomic E-state index is 14.0. The largest absolute Gasteiger partial charge is 0.343 e. The van der Waals surface area contributed by atoms with E-state index in [9.17, 15) is 9.59 Å². The highest BCUT2D eigenvalue weighted by molar-refractivity contribution is 7.99. The van der Waals surface area contributed by atoms with Crippen LogP contribution in [0.3, 0.4) is 0 Å². The molecule has 1 atom stereocenters. The predicted molar refractivity (Wildman–Crippen MR) is 168 cm³/mol. The van der Waals surface area contributed by atoms with Crippen molar-refractivity contribution in [3.8, 4) is 0 Å². The first-order valence-corrected chi connectivity index (χ1v) is 15.6. The van der Waals surface area contributed by atoms with Crippen molar-refractivity contribution in [2.24, 2.45) is 4.99 Å². The van der Waals surface area contributed by atoms with Gasteiger partial charge in [-0.05, 0) is 66.4 Å². The quantitative estimate of drug-likeness (QED) is 0.271. The lowest BCUT2D eigenvalue weighted by atomic mass is 10.0. The highest BCUT2D eigenvalue weighted by atomic mass is 32.2. The molecule has 7 rings (SSSR count). The van der Waals surface area contributed by atoms with Crippen molar-refractivity contribution < 1.29 is 4.79 Å². The fraction of sp³-hybridized carbons (Fsp3) is 0.0938. The number of anilines is 3. The Hall–Kier alpha value is -4.18. The summed E-state index contributed by atoms with van der Waals surface area (Å²) in [6.07, 6.45) is 1.93. The zero-order valence-electron chi connectivity index (χ0n) is 22.2. The number of benzene rings is 3. The number of hydrogen-bond acceptors (Lipinski definition) is 7. The average Bonchev–Trinajstić information content (AvgIpc) is 3.61. The van der Waals surface area contributed by atoms with Gasteiger partial charge < -0.3 is 10.2 Å². The number of allylic oxidation sites excluding steroid dienone is 1. The number of amides is 1. The van der Waals surface area contributed by atoms with E-state index in [1.165, 1.54) is 33.3 Å². The fourth-order valence-electron chi connectivity index (χ4n) is 5.25. The molecule has 0 spiro atoms. The number of thiophene rings is 1. The van der Waals surface area contributed by atoms with Gasteiger partial charge in [-0.3, -0.25) is 14.2 Å². The SMILES string of the molecule is CC1=C(C(=O)Nc2ccccc2)[C@H](c2cccs2)n2c(s/c(=C/c3ccc4c(c3)Sc3ccccc3N4C)c2=O)=N1. The monoisotopic (exact) mass is 592 g/mol. The second-order valence-corrected chi connectivity index (χ2v) is 12.8. The lowest BCUT2D eigenvalue weighted by molar-refractivity contribution is -0.113. The Kier molecular flexibility index (Phi) is 6.50. The number of thiazole rings is 1. The molecule has 0 radical (unpaired) electrons. The number of carbonyl (C=O) groups is 1. The molecular weight excluding hydrogens is 569 g/mol. The van der Waals surface area contributed by atoms with E-state index in [0.29, 0.717) is 26.3 Å². The average molecular weight is 593 g/mol. The molecule has 0 fully saturated rings. The number of rotatable bonds is 4. The van der Waals surface area contributed by atoms with Crippen LogP contribution in [0, 0.1) is 0 Å². The highest BCUT2D eigenvalue weighted by Crippen LogP contribution is 2.47. The molecule has 0 unspecified atom stereocenters. The van der Waals surface area contributed by atoms with Crippen LogP contribution in [0.5, 0.6) is 0 Å². The van der Waals surface area contributed by atoms with Gasteiger partial charge in [0, 0.05) is 27.4 Å². The summed E-state index contributed by atoms with van der Waals surface area (Å²) in [5.41, 5.74) is 4.88. The number of nitrogens with zero attached hydrogens (tertiary/aromatic N) is 3. The maximum Gasteiger partial charge on any atom is 0.271 e. The van der Waals surface area contributed by atoms with Crippen molar-refractivity contribution in [1.29, 1.82) is 0 Å². The van der Waals surface area contributed by atoms with E-state index in [1.54, 1.807) is 16.3 Å². The number of fused-ring (bicyclic) bond motifs is 3. The van der Waals surface area contributed by atoms with Gasteiger partial charge in [0.2, 0.25) is 0 Å². The zero-order valence-corrected chi connectivity index (χ0v) is 24.6. The summed E-state index contributed by atoms with van der Waals surface area (Å²) in [5, 5.41) is 4.96.